The second kappa shape index (κ2) is 5.72. The van der Waals surface area contributed by atoms with Crippen molar-refractivity contribution in [3.05, 3.63) is 11.8 Å². The standard InChI is InChI=1S/C14H25NO/c1-2-11-5-3-6-12(9-11)14(15)13-7-4-8-16-10-13/h10-12,14H,2-9,15H2,1H3. The summed E-state index contributed by atoms with van der Waals surface area (Å²) in [5, 5.41) is 0. The predicted octanol–water partition coefficient (Wildman–Crippen LogP) is 3.22. The van der Waals surface area contributed by atoms with Gasteiger partial charge in [-0.1, -0.05) is 26.2 Å². The molecule has 2 N–H and O–H groups in total. The van der Waals surface area contributed by atoms with E-state index in [9.17, 15) is 0 Å². The average Bonchev–Trinajstić information content (AvgIpc) is 2.39. The molecule has 2 nitrogen and oxygen atoms in total. The highest BCUT2D eigenvalue weighted by Crippen LogP contribution is 2.35. The van der Waals surface area contributed by atoms with Crippen molar-refractivity contribution in [3.63, 3.8) is 0 Å². The smallest absolute Gasteiger partial charge is 0.0876 e. The lowest BCUT2D eigenvalue weighted by Crippen LogP contribution is -2.36. The quantitative estimate of drug-likeness (QED) is 0.797. The average molecular weight is 223 g/mol. The topological polar surface area (TPSA) is 35.2 Å². The fourth-order valence-electron chi connectivity index (χ4n) is 3.16. The third kappa shape index (κ3) is 2.79. The van der Waals surface area contributed by atoms with Crippen LogP contribution >= 0.6 is 0 Å². The summed E-state index contributed by atoms with van der Waals surface area (Å²) in [6.45, 7) is 3.18. The molecule has 0 spiro atoms. The van der Waals surface area contributed by atoms with Gasteiger partial charge in [-0.3, -0.25) is 0 Å². The normalized spacial score (nSPS) is 32.8. The lowest BCUT2D eigenvalue weighted by molar-refractivity contribution is 0.202. The molecular weight excluding hydrogens is 198 g/mol. The first kappa shape index (κ1) is 12.0. The van der Waals surface area contributed by atoms with E-state index in [1.807, 2.05) is 6.26 Å². The molecule has 0 aromatic heterocycles. The van der Waals surface area contributed by atoms with Crippen LogP contribution in [-0.2, 0) is 4.74 Å². The van der Waals surface area contributed by atoms with Crippen molar-refractivity contribution in [2.45, 2.75) is 57.9 Å². The highest BCUT2D eigenvalue weighted by atomic mass is 16.5. The van der Waals surface area contributed by atoms with Crippen LogP contribution in [0.15, 0.2) is 11.8 Å². The molecule has 2 aliphatic rings. The number of rotatable bonds is 3. The summed E-state index contributed by atoms with van der Waals surface area (Å²) >= 11 is 0. The number of hydrogen-bond donors (Lipinski definition) is 1. The largest absolute Gasteiger partial charge is 0.501 e. The van der Waals surface area contributed by atoms with Crippen molar-refractivity contribution in [3.8, 4) is 0 Å². The Labute approximate surface area is 99.2 Å². The molecule has 0 aromatic carbocycles. The van der Waals surface area contributed by atoms with Gasteiger partial charge in [0.05, 0.1) is 12.9 Å². The van der Waals surface area contributed by atoms with Gasteiger partial charge in [-0.05, 0) is 43.1 Å². The Morgan fingerprint density at radius 2 is 2.31 bits per heavy atom. The molecule has 92 valence electrons. The molecule has 16 heavy (non-hydrogen) atoms. The molecule has 1 fully saturated rings. The van der Waals surface area contributed by atoms with E-state index in [2.05, 4.69) is 6.92 Å². The third-order valence-corrected chi connectivity index (χ3v) is 4.30. The maximum Gasteiger partial charge on any atom is 0.0876 e. The molecule has 1 heterocycles. The minimum absolute atomic E-state index is 0.259. The van der Waals surface area contributed by atoms with Crippen LogP contribution in [0.5, 0.6) is 0 Å². The van der Waals surface area contributed by atoms with Crippen molar-refractivity contribution >= 4 is 0 Å². The van der Waals surface area contributed by atoms with Crippen LogP contribution in [0.2, 0.25) is 0 Å². The van der Waals surface area contributed by atoms with Gasteiger partial charge in [0.25, 0.3) is 0 Å². The molecule has 3 atom stereocenters. The van der Waals surface area contributed by atoms with E-state index in [1.165, 1.54) is 37.7 Å². The predicted molar refractivity (Wildman–Crippen MR) is 67.0 cm³/mol. The highest BCUT2D eigenvalue weighted by Gasteiger charge is 2.28. The molecule has 1 saturated carbocycles. The van der Waals surface area contributed by atoms with E-state index < -0.39 is 0 Å². The number of nitrogens with two attached hydrogens (primary N) is 1. The minimum Gasteiger partial charge on any atom is -0.501 e. The van der Waals surface area contributed by atoms with Crippen molar-refractivity contribution < 1.29 is 4.74 Å². The zero-order valence-electron chi connectivity index (χ0n) is 10.5. The maximum atomic E-state index is 6.39. The second-order valence-corrected chi connectivity index (χ2v) is 5.39. The van der Waals surface area contributed by atoms with Gasteiger partial charge in [0.15, 0.2) is 0 Å². The molecule has 0 bridgehead atoms. The first-order valence-electron chi connectivity index (χ1n) is 6.87. The molecule has 0 radical (unpaired) electrons. The van der Waals surface area contributed by atoms with E-state index in [4.69, 9.17) is 10.5 Å². The Bertz CT molecular complexity index is 249. The minimum atomic E-state index is 0.259. The highest BCUT2D eigenvalue weighted by molar-refractivity contribution is 5.11. The van der Waals surface area contributed by atoms with E-state index in [1.54, 1.807) is 0 Å². The molecule has 3 unspecified atom stereocenters. The molecule has 1 aliphatic heterocycles. The van der Waals surface area contributed by atoms with E-state index in [0.29, 0.717) is 5.92 Å². The summed E-state index contributed by atoms with van der Waals surface area (Å²) in [5.41, 5.74) is 7.75. The number of ether oxygens (including phenoxy) is 1. The summed E-state index contributed by atoms with van der Waals surface area (Å²) in [5.74, 6) is 1.61. The SMILES string of the molecule is CCC1CCCC(C(N)C2=COCCC2)C1. The van der Waals surface area contributed by atoms with E-state index in [0.717, 1.165) is 25.4 Å². The van der Waals surface area contributed by atoms with Crippen LogP contribution < -0.4 is 5.73 Å². The Morgan fingerprint density at radius 3 is 3.00 bits per heavy atom. The molecule has 0 saturated heterocycles. The van der Waals surface area contributed by atoms with Gasteiger partial charge >= 0.3 is 0 Å². The molecule has 2 heteroatoms. The monoisotopic (exact) mass is 223 g/mol. The first-order chi connectivity index (χ1) is 7.81. The molecule has 0 amide bonds. The summed E-state index contributed by atoms with van der Waals surface area (Å²) in [7, 11) is 0. The van der Waals surface area contributed by atoms with Gasteiger partial charge in [0, 0.05) is 6.04 Å². The van der Waals surface area contributed by atoms with Crippen LogP contribution in [0.25, 0.3) is 0 Å². The van der Waals surface area contributed by atoms with Gasteiger partial charge in [-0.15, -0.1) is 0 Å². The zero-order chi connectivity index (χ0) is 11.4. The van der Waals surface area contributed by atoms with Gasteiger partial charge in [0.2, 0.25) is 0 Å². The van der Waals surface area contributed by atoms with Crippen molar-refractivity contribution in [2.24, 2.45) is 17.6 Å². The fraction of sp³-hybridized carbons (Fsp3) is 0.857. The van der Waals surface area contributed by atoms with Crippen LogP contribution in [0.1, 0.15) is 51.9 Å². The fourth-order valence-corrected chi connectivity index (χ4v) is 3.16. The molecule has 0 aromatic rings. The molecular formula is C14H25NO. The summed E-state index contributed by atoms with van der Waals surface area (Å²) < 4.78 is 5.41. The van der Waals surface area contributed by atoms with Crippen LogP contribution in [0, 0.1) is 11.8 Å². The van der Waals surface area contributed by atoms with Gasteiger partial charge < -0.3 is 10.5 Å². The van der Waals surface area contributed by atoms with Crippen molar-refractivity contribution in [1.82, 2.24) is 0 Å². The lowest BCUT2D eigenvalue weighted by Gasteiger charge is -2.34. The first-order valence-corrected chi connectivity index (χ1v) is 6.87. The third-order valence-electron chi connectivity index (χ3n) is 4.30. The summed E-state index contributed by atoms with van der Waals surface area (Å²) in [6, 6.07) is 0.259. The van der Waals surface area contributed by atoms with Crippen LogP contribution in [-0.4, -0.2) is 12.6 Å². The maximum absolute atomic E-state index is 6.39. The molecule has 1 aliphatic carbocycles. The second-order valence-electron chi connectivity index (χ2n) is 5.39. The number of hydrogen-bond acceptors (Lipinski definition) is 2. The van der Waals surface area contributed by atoms with Gasteiger partial charge in [-0.25, -0.2) is 0 Å². The van der Waals surface area contributed by atoms with Gasteiger partial charge in [0.1, 0.15) is 0 Å². The lowest BCUT2D eigenvalue weighted by atomic mass is 9.75. The summed E-state index contributed by atoms with van der Waals surface area (Å²) in [4.78, 5) is 0. The Morgan fingerprint density at radius 1 is 1.44 bits per heavy atom. The van der Waals surface area contributed by atoms with Gasteiger partial charge in [-0.2, -0.15) is 0 Å². The van der Waals surface area contributed by atoms with Crippen LogP contribution in [0.3, 0.4) is 0 Å². The van der Waals surface area contributed by atoms with Crippen LogP contribution in [0.4, 0.5) is 0 Å². The Kier molecular flexibility index (Phi) is 4.28. The van der Waals surface area contributed by atoms with E-state index >= 15 is 0 Å². The van der Waals surface area contributed by atoms with Crippen molar-refractivity contribution in [1.29, 1.82) is 0 Å². The van der Waals surface area contributed by atoms with E-state index in [-0.39, 0.29) is 6.04 Å². The zero-order valence-corrected chi connectivity index (χ0v) is 10.5. The summed E-state index contributed by atoms with van der Waals surface area (Å²) in [6.07, 6.45) is 11.0. The Hall–Kier alpha value is -0.500. The van der Waals surface area contributed by atoms with Crippen molar-refractivity contribution in [2.75, 3.05) is 6.61 Å². The Balaban J connectivity index is 1.92. The molecule has 2 rings (SSSR count).